The molecule has 0 N–H and O–H groups in total. The molecule has 1 saturated heterocycles. The summed E-state index contributed by atoms with van der Waals surface area (Å²) in [5, 5.41) is 1.24. The van der Waals surface area contributed by atoms with Crippen LogP contribution in [-0.4, -0.2) is 48.9 Å². The molecule has 2 aromatic rings. The molecule has 3 rings (SSSR count). The number of carbonyl (C=O) groups is 1. The van der Waals surface area contributed by atoms with Crippen LogP contribution in [-0.2, 0) is 6.42 Å². The van der Waals surface area contributed by atoms with E-state index in [0.717, 1.165) is 37.5 Å². The molecule has 0 aliphatic carbocycles. The third-order valence-corrected chi connectivity index (χ3v) is 6.14. The molecule has 1 aliphatic heterocycles. The first kappa shape index (κ1) is 13.1. The normalized spacial score (nSPS) is 17.3. The zero-order valence-electron chi connectivity index (χ0n) is 11.3. The van der Waals surface area contributed by atoms with E-state index in [4.69, 9.17) is 0 Å². The zero-order valence-corrected chi connectivity index (χ0v) is 12.9. The van der Waals surface area contributed by atoms with Crippen molar-refractivity contribution in [3.05, 3.63) is 21.9 Å². The van der Waals surface area contributed by atoms with E-state index in [0.29, 0.717) is 0 Å². The van der Waals surface area contributed by atoms with E-state index in [1.807, 2.05) is 16.2 Å². The maximum absolute atomic E-state index is 12.5. The van der Waals surface area contributed by atoms with E-state index in [-0.39, 0.29) is 5.91 Å². The van der Waals surface area contributed by atoms with Crippen LogP contribution in [0.2, 0.25) is 0 Å². The standard InChI is InChI=1S/C14H18N2OS2/c1-3-11-8-10-9-12(19-14(10)18-11)13(17)16-6-4-15(2)5-7-16/h8-9H,3-7H2,1-2H3. The molecule has 0 unspecified atom stereocenters. The largest absolute Gasteiger partial charge is 0.335 e. The second kappa shape index (κ2) is 5.23. The third kappa shape index (κ3) is 2.55. The molecule has 0 saturated carbocycles. The summed E-state index contributed by atoms with van der Waals surface area (Å²) in [7, 11) is 2.11. The highest BCUT2D eigenvalue weighted by atomic mass is 32.2. The third-order valence-electron chi connectivity index (χ3n) is 3.61. The lowest BCUT2D eigenvalue weighted by Gasteiger charge is -2.32. The number of fused-ring (bicyclic) bond motifs is 1. The number of rotatable bonds is 2. The van der Waals surface area contributed by atoms with Crippen LogP contribution in [0.4, 0.5) is 0 Å². The number of nitrogens with zero attached hydrogens (tertiary/aromatic N) is 2. The lowest BCUT2D eigenvalue weighted by Crippen LogP contribution is -2.46. The number of hydrogen-bond donors (Lipinski definition) is 0. The number of piperazine rings is 1. The number of thiophene rings is 2. The van der Waals surface area contributed by atoms with Crippen molar-refractivity contribution in [1.82, 2.24) is 9.80 Å². The van der Waals surface area contributed by atoms with Crippen molar-refractivity contribution in [2.24, 2.45) is 0 Å². The van der Waals surface area contributed by atoms with Gasteiger partial charge in [-0.2, -0.15) is 0 Å². The van der Waals surface area contributed by atoms with Crippen LogP contribution in [0.25, 0.3) is 9.40 Å². The minimum absolute atomic E-state index is 0.208. The molecule has 3 nitrogen and oxygen atoms in total. The molecule has 3 heterocycles. The summed E-state index contributed by atoms with van der Waals surface area (Å²) in [4.78, 5) is 19.0. The summed E-state index contributed by atoms with van der Waals surface area (Å²) in [6.45, 7) is 5.82. The Balaban J connectivity index is 1.79. The van der Waals surface area contributed by atoms with Crippen molar-refractivity contribution in [2.75, 3.05) is 33.2 Å². The summed E-state index contributed by atoms with van der Waals surface area (Å²) in [5.74, 6) is 0.208. The van der Waals surface area contributed by atoms with Gasteiger partial charge in [0.25, 0.3) is 5.91 Å². The van der Waals surface area contributed by atoms with Gasteiger partial charge in [-0.15, -0.1) is 22.7 Å². The molecule has 5 heteroatoms. The molecule has 102 valence electrons. The van der Waals surface area contributed by atoms with Gasteiger partial charge in [0.1, 0.15) is 0 Å². The first-order chi connectivity index (χ1) is 9.17. The fraction of sp³-hybridized carbons (Fsp3) is 0.500. The van der Waals surface area contributed by atoms with Crippen LogP contribution in [0.15, 0.2) is 12.1 Å². The number of carbonyl (C=O) groups excluding carboxylic acids is 1. The van der Waals surface area contributed by atoms with Crippen LogP contribution in [0.1, 0.15) is 21.5 Å². The summed E-state index contributed by atoms with van der Waals surface area (Å²) in [6.07, 6.45) is 1.08. The summed E-state index contributed by atoms with van der Waals surface area (Å²) >= 11 is 3.47. The Hall–Kier alpha value is -0.910. The van der Waals surface area contributed by atoms with E-state index >= 15 is 0 Å². The molecule has 2 aromatic heterocycles. The van der Waals surface area contributed by atoms with Gasteiger partial charge in [-0.1, -0.05) is 6.92 Å². The predicted octanol–water partition coefficient (Wildman–Crippen LogP) is 2.91. The number of likely N-dealkylation sites (N-methyl/N-ethyl adjacent to an activating group) is 1. The van der Waals surface area contributed by atoms with Crippen LogP contribution in [0, 0.1) is 0 Å². The highest BCUT2D eigenvalue weighted by Gasteiger charge is 2.22. The van der Waals surface area contributed by atoms with Gasteiger partial charge in [-0.05, 0) is 25.6 Å². The van der Waals surface area contributed by atoms with Gasteiger partial charge in [0, 0.05) is 36.4 Å². The maximum atomic E-state index is 12.5. The zero-order chi connectivity index (χ0) is 13.4. The molecule has 1 aliphatic rings. The Morgan fingerprint density at radius 2 is 1.95 bits per heavy atom. The van der Waals surface area contributed by atoms with Crippen molar-refractivity contribution in [3.8, 4) is 0 Å². The molecular formula is C14H18N2OS2. The van der Waals surface area contributed by atoms with Crippen LogP contribution in [0.3, 0.4) is 0 Å². The second-order valence-corrected chi connectivity index (χ2v) is 7.46. The fourth-order valence-electron chi connectivity index (χ4n) is 2.34. The van der Waals surface area contributed by atoms with Gasteiger partial charge in [0.15, 0.2) is 0 Å². The summed E-state index contributed by atoms with van der Waals surface area (Å²) < 4.78 is 1.29. The molecule has 0 aromatic carbocycles. The van der Waals surface area contributed by atoms with Gasteiger partial charge in [0.05, 0.1) is 8.89 Å². The van der Waals surface area contributed by atoms with Crippen LogP contribution < -0.4 is 0 Å². The molecule has 1 fully saturated rings. The maximum Gasteiger partial charge on any atom is 0.264 e. The second-order valence-electron chi connectivity index (χ2n) is 5.02. The van der Waals surface area contributed by atoms with Crippen molar-refractivity contribution in [2.45, 2.75) is 13.3 Å². The minimum Gasteiger partial charge on any atom is -0.335 e. The Labute approximate surface area is 121 Å². The van der Waals surface area contributed by atoms with Crippen molar-refractivity contribution < 1.29 is 4.79 Å². The van der Waals surface area contributed by atoms with Crippen LogP contribution in [0.5, 0.6) is 0 Å². The smallest absolute Gasteiger partial charge is 0.264 e. The fourth-order valence-corrected chi connectivity index (χ4v) is 4.73. The number of amides is 1. The van der Waals surface area contributed by atoms with E-state index < -0.39 is 0 Å². The van der Waals surface area contributed by atoms with Gasteiger partial charge < -0.3 is 9.80 Å². The molecule has 0 radical (unpaired) electrons. The van der Waals surface area contributed by atoms with Gasteiger partial charge in [-0.3, -0.25) is 4.79 Å². The van der Waals surface area contributed by atoms with Crippen molar-refractivity contribution in [1.29, 1.82) is 0 Å². The lowest BCUT2D eigenvalue weighted by molar-refractivity contribution is 0.0669. The van der Waals surface area contributed by atoms with Crippen LogP contribution >= 0.6 is 22.7 Å². The lowest BCUT2D eigenvalue weighted by atomic mass is 10.2. The van der Waals surface area contributed by atoms with Gasteiger partial charge in [-0.25, -0.2) is 0 Å². The molecule has 0 spiro atoms. The Morgan fingerprint density at radius 3 is 2.58 bits per heavy atom. The monoisotopic (exact) mass is 294 g/mol. The van der Waals surface area contributed by atoms with E-state index in [1.165, 1.54) is 14.3 Å². The number of aryl methyl sites for hydroxylation is 1. The van der Waals surface area contributed by atoms with E-state index in [9.17, 15) is 4.79 Å². The minimum atomic E-state index is 0.208. The Morgan fingerprint density at radius 1 is 1.21 bits per heavy atom. The van der Waals surface area contributed by atoms with E-state index in [2.05, 4.69) is 31.0 Å². The van der Waals surface area contributed by atoms with Crippen molar-refractivity contribution in [3.63, 3.8) is 0 Å². The summed E-state index contributed by atoms with van der Waals surface area (Å²) in [6, 6.07) is 4.29. The molecule has 19 heavy (non-hydrogen) atoms. The first-order valence-corrected chi connectivity index (χ1v) is 8.30. The summed E-state index contributed by atoms with van der Waals surface area (Å²) in [5.41, 5.74) is 0. The Kier molecular flexibility index (Phi) is 3.60. The average molecular weight is 294 g/mol. The Bertz CT molecular complexity index is 562. The average Bonchev–Trinajstić information content (AvgIpc) is 2.96. The molecule has 0 bridgehead atoms. The number of hydrogen-bond acceptors (Lipinski definition) is 4. The van der Waals surface area contributed by atoms with Gasteiger partial charge in [0.2, 0.25) is 0 Å². The molecule has 1 amide bonds. The topological polar surface area (TPSA) is 23.6 Å². The quantitative estimate of drug-likeness (QED) is 0.850. The SMILES string of the molecule is CCc1cc2cc(C(=O)N3CCN(C)CC3)sc2s1. The highest BCUT2D eigenvalue weighted by Crippen LogP contribution is 2.34. The molecular weight excluding hydrogens is 276 g/mol. The van der Waals surface area contributed by atoms with E-state index in [1.54, 1.807) is 11.3 Å². The predicted molar refractivity (Wildman–Crippen MR) is 82.5 cm³/mol. The first-order valence-electron chi connectivity index (χ1n) is 6.67. The van der Waals surface area contributed by atoms with Gasteiger partial charge >= 0.3 is 0 Å². The van der Waals surface area contributed by atoms with Crippen molar-refractivity contribution >= 4 is 38.0 Å². The molecule has 0 atom stereocenters. The highest BCUT2D eigenvalue weighted by molar-refractivity contribution is 7.39.